The zero-order chi connectivity index (χ0) is 15.3. The van der Waals surface area contributed by atoms with E-state index in [-0.39, 0.29) is 6.10 Å². The van der Waals surface area contributed by atoms with Crippen LogP contribution >= 0.6 is 0 Å². The van der Waals surface area contributed by atoms with Gasteiger partial charge < -0.3 is 10.1 Å². The van der Waals surface area contributed by atoms with Gasteiger partial charge in [0.25, 0.3) is 10.2 Å². The fourth-order valence-electron chi connectivity index (χ4n) is 2.59. The summed E-state index contributed by atoms with van der Waals surface area (Å²) in [6.07, 6.45) is 4.73. The van der Waals surface area contributed by atoms with Crippen molar-refractivity contribution < 1.29 is 13.2 Å². The number of nitrogens with one attached hydrogen (secondary N) is 2. The molecule has 0 aromatic rings. The fourth-order valence-corrected chi connectivity index (χ4v) is 3.89. The van der Waals surface area contributed by atoms with Crippen LogP contribution in [0.4, 0.5) is 0 Å². The molecule has 2 aliphatic rings. The van der Waals surface area contributed by atoms with Crippen molar-refractivity contribution in [1.29, 1.82) is 0 Å². The van der Waals surface area contributed by atoms with Gasteiger partial charge in [-0.3, -0.25) is 0 Å². The van der Waals surface area contributed by atoms with E-state index in [1.54, 1.807) is 4.31 Å². The highest BCUT2D eigenvalue weighted by Gasteiger charge is 2.29. The highest BCUT2D eigenvalue weighted by Crippen LogP contribution is 2.22. The van der Waals surface area contributed by atoms with Crippen molar-refractivity contribution >= 4 is 10.2 Å². The topological polar surface area (TPSA) is 70.7 Å². The zero-order valence-corrected chi connectivity index (χ0v) is 14.0. The third kappa shape index (κ3) is 6.20. The summed E-state index contributed by atoms with van der Waals surface area (Å²) in [5.74, 6) is 0.433. The normalized spacial score (nSPS) is 24.6. The molecule has 1 saturated carbocycles. The molecule has 124 valence electrons. The molecule has 1 aliphatic heterocycles. The first-order valence-electron chi connectivity index (χ1n) is 8.07. The third-order valence-electron chi connectivity index (χ3n) is 3.93. The lowest BCUT2D eigenvalue weighted by molar-refractivity contribution is 0.0830. The predicted molar refractivity (Wildman–Crippen MR) is 83.3 cm³/mol. The van der Waals surface area contributed by atoms with Crippen LogP contribution in [0.1, 0.15) is 39.5 Å². The average molecular weight is 319 g/mol. The van der Waals surface area contributed by atoms with Crippen molar-refractivity contribution in [2.24, 2.45) is 5.92 Å². The number of hydrogen-bond acceptors (Lipinski definition) is 4. The second-order valence-electron chi connectivity index (χ2n) is 6.37. The Balaban J connectivity index is 1.72. The Hall–Kier alpha value is -0.210. The predicted octanol–water partition coefficient (Wildman–Crippen LogP) is 0.710. The van der Waals surface area contributed by atoms with Gasteiger partial charge in [-0.2, -0.15) is 17.4 Å². The molecule has 1 saturated heterocycles. The van der Waals surface area contributed by atoms with Gasteiger partial charge >= 0.3 is 0 Å². The van der Waals surface area contributed by atoms with Crippen LogP contribution in [0.25, 0.3) is 0 Å². The molecule has 0 aromatic heterocycles. The molecule has 1 heterocycles. The lowest BCUT2D eigenvalue weighted by Gasteiger charge is -2.32. The first-order valence-corrected chi connectivity index (χ1v) is 9.51. The van der Waals surface area contributed by atoms with Gasteiger partial charge in [-0.1, -0.05) is 0 Å². The van der Waals surface area contributed by atoms with Crippen LogP contribution < -0.4 is 10.0 Å². The molecular weight excluding hydrogens is 290 g/mol. The Kier molecular flexibility index (Phi) is 6.43. The van der Waals surface area contributed by atoms with Gasteiger partial charge in [0.05, 0.1) is 12.7 Å². The van der Waals surface area contributed by atoms with Crippen molar-refractivity contribution in [1.82, 2.24) is 14.3 Å². The van der Waals surface area contributed by atoms with Crippen LogP contribution in [0.5, 0.6) is 0 Å². The van der Waals surface area contributed by atoms with E-state index in [4.69, 9.17) is 4.74 Å². The highest BCUT2D eigenvalue weighted by atomic mass is 32.2. The van der Waals surface area contributed by atoms with Crippen molar-refractivity contribution in [3.05, 3.63) is 0 Å². The SMILES string of the molecule is CC(C)OCCNS(=O)(=O)N1CCCC(CNC2CC2)C1. The van der Waals surface area contributed by atoms with E-state index in [1.807, 2.05) is 13.8 Å². The maximum Gasteiger partial charge on any atom is 0.279 e. The Morgan fingerprint density at radius 1 is 1.29 bits per heavy atom. The molecule has 1 unspecified atom stereocenters. The Morgan fingerprint density at radius 3 is 2.71 bits per heavy atom. The van der Waals surface area contributed by atoms with Crippen LogP contribution in [0.2, 0.25) is 0 Å². The van der Waals surface area contributed by atoms with Gasteiger partial charge in [-0.15, -0.1) is 0 Å². The van der Waals surface area contributed by atoms with Crippen LogP contribution in [0.3, 0.4) is 0 Å². The van der Waals surface area contributed by atoms with E-state index in [9.17, 15) is 8.42 Å². The highest BCUT2D eigenvalue weighted by molar-refractivity contribution is 7.87. The Labute approximate surface area is 128 Å². The molecule has 1 aliphatic carbocycles. The van der Waals surface area contributed by atoms with E-state index >= 15 is 0 Å². The lowest BCUT2D eigenvalue weighted by atomic mass is 10.00. The molecule has 0 amide bonds. The molecule has 0 radical (unpaired) electrons. The van der Waals surface area contributed by atoms with E-state index in [0.29, 0.717) is 38.2 Å². The Bertz CT molecular complexity index is 410. The summed E-state index contributed by atoms with van der Waals surface area (Å²) in [6.45, 7) is 6.82. The summed E-state index contributed by atoms with van der Waals surface area (Å²) in [6, 6.07) is 0.684. The number of nitrogens with zero attached hydrogens (tertiary/aromatic N) is 1. The van der Waals surface area contributed by atoms with Gasteiger partial charge in [0.1, 0.15) is 0 Å². The smallest absolute Gasteiger partial charge is 0.279 e. The van der Waals surface area contributed by atoms with Gasteiger partial charge in [0.2, 0.25) is 0 Å². The summed E-state index contributed by atoms with van der Waals surface area (Å²) in [4.78, 5) is 0. The van der Waals surface area contributed by atoms with Gasteiger partial charge in [-0.05, 0) is 52.0 Å². The number of rotatable bonds is 9. The summed E-state index contributed by atoms with van der Waals surface area (Å²) in [7, 11) is -3.36. The van der Waals surface area contributed by atoms with Crippen LogP contribution in [0, 0.1) is 5.92 Å². The molecule has 0 bridgehead atoms. The first-order chi connectivity index (χ1) is 9.97. The minimum absolute atomic E-state index is 0.127. The Morgan fingerprint density at radius 2 is 2.05 bits per heavy atom. The summed E-state index contributed by atoms with van der Waals surface area (Å²) >= 11 is 0. The number of hydrogen-bond donors (Lipinski definition) is 2. The summed E-state index contributed by atoms with van der Waals surface area (Å²) in [5.41, 5.74) is 0. The van der Waals surface area contributed by atoms with Gasteiger partial charge in [0.15, 0.2) is 0 Å². The summed E-state index contributed by atoms with van der Waals surface area (Å²) < 4.78 is 34.1. The molecule has 21 heavy (non-hydrogen) atoms. The van der Waals surface area contributed by atoms with Crippen LogP contribution in [-0.4, -0.2) is 57.7 Å². The maximum absolute atomic E-state index is 12.3. The molecule has 2 N–H and O–H groups in total. The summed E-state index contributed by atoms with van der Waals surface area (Å²) in [5, 5.41) is 3.50. The molecular formula is C14H29N3O3S. The van der Waals surface area contributed by atoms with Gasteiger partial charge in [0, 0.05) is 25.7 Å². The average Bonchev–Trinajstić information content (AvgIpc) is 3.26. The second-order valence-corrected chi connectivity index (χ2v) is 8.12. The second kappa shape index (κ2) is 7.87. The maximum atomic E-state index is 12.3. The van der Waals surface area contributed by atoms with Crippen molar-refractivity contribution in [3.63, 3.8) is 0 Å². The van der Waals surface area contributed by atoms with E-state index < -0.39 is 10.2 Å². The van der Waals surface area contributed by atoms with Crippen molar-refractivity contribution in [2.45, 2.75) is 51.7 Å². The largest absolute Gasteiger partial charge is 0.377 e. The molecule has 0 spiro atoms. The first kappa shape index (κ1) is 17.1. The molecule has 6 nitrogen and oxygen atoms in total. The van der Waals surface area contributed by atoms with E-state index in [1.165, 1.54) is 12.8 Å². The monoisotopic (exact) mass is 319 g/mol. The molecule has 2 fully saturated rings. The zero-order valence-electron chi connectivity index (χ0n) is 13.2. The van der Waals surface area contributed by atoms with Gasteiger partial charge in [-0.25, -0.2) is 0 Å². The lowest BCUT2D eigenvalue weighted by Crippen LogP contribution is -2.48. The van der Waals surface area contributed by atoms with Crippen LogP contribution in [0.15, 0.2) is 0 Å². The standard InChI is InChI=1S/C14H29N3O3S/c1-12(2)20-9-7-16-21(18,19)17-8-3-4-13(11-17)10-15-14-5-6-14/h12-16H,3-11H2,1-2H3. The molecule has 7 heteroatoms. The van der Waals surface area contributed by atoms with E-state index in [0.717, 1.165) is 19.4 Å². The number of piperidine rings is 1. The minimum atomic E-state index is -3.36. The molecule has 2 rings (SSSR count). The molecule has 0 aromatic carbocycles. The minimum Gasteiger partial charge on any atom is -0.377 e. The third-order valence-corrected chi connectivity index (χ3v) is 5.51. The fraction of sp³-hybridized carbons (Fsp3) is 1.00. The molecule has 1 atom stereocenters. The number of ether oxygens (including phenoxy) is 1. The van der Waals surface area contributed by atoms with Crippen LogP contribution in [-0.2, 0) is 14.9 Å². The van der Waals surface area contributed by atoms with Crippen molar-refractivity contribution in [3.8, 4) is 0 Å². The van der Waals surface area contributed by atoms with Crippen molar-refractivity contribution in [2.75, 3.05) is 32.8 Å². The quantitative estimate of drug-likeness (QED) is 0.614. The van der Waals surface area contributed by atoms with E-state index in [2.05, 4.69) is 10.0 Å².